The Hall–Kier alpha value is -7.28. The molecule has 0 radical (unpaired) electrons. The summed E-state index contributed by atoms with van der Waals surface area (Å²) >= 11 is 0. The Morgan fingerprint density at radius 1 is 0.859 bits per heavy atom. The van der Waals surface area contributed by atoms with Crippen LogP contribution in [0.25, 0.3) is 0 Å². The maximum atomic E-state index is 15.5. The Morgan fingerprint density at radius 3 is 2.01 bits per heavy atom. The number of ketones is 1. The summed E-state index contributed by atoms with van der Waals surface area (Å²) in [7, 11) is 0. The van der Waals surface area contributed by atoms with Crippen molar-refractivity contribution in [2.45, 2.75) is 102 Å². The monoisotopic (exact) mass is 974 g/mol. The average molecular weight is 975 g/mol. The number of Topliss-reactive ketones (excluding diaryl/α,β-unsaturated/α-hetero) is 1. The van der Waals surface area contributed by atoms with Crippen molar-refractivity contribution in [3.63, 3.8) is 0 Å². The number of nitro benzene ring substituents is 1. The topological polar surface area (TPSA) is 253 Å². The summed E-state index contributed by atoms with van der Waals surface area (Å²) < 4.78 is 36.1. The smallest absolute Gasteiger partial charge is 0.455 e. The number of rotatable bonds is 12. The van der Waals surface area contributed by atoms with E-state index in [2.05, 4.69) is 5.32 Å². The second kappa shape index (κ2) is 19.1. The first kappa shape index (κ1) is 50.1. The molecule has 1 saturated heterocycles. The van der Waals surface area contributed by atoms with Crippen molar-refractivity contribution in [1.82, 2.24) is 5.32 Å². The molecule has 18 heteroatoms. The van der Waals surface area contributed by atoms with Gasteiger partial charge in [0.05, 0.1) is 34.5 Å². The van der Waals surface area contributed by atoms with Crippen molar-refractivity contribution in [3.8, 4) is 5.75 Å². The minimum absolute atomic E-state index is 0.0764. The second-order valence-electron chi connectivity index (χ2n) is 19.3. The molecular weight excluding hydrogens is 921 g/mol. The maximum absolute atomic E-state index is 15.5. The van der Waals surface area contributed by atoms with Crippen LogP contribution in [-0.2, 0) is 38.1 Å². The lowest BCUT2D eigenvalue weighted by Gasteiger charge is -2.67. The number of esters is 3. The van der Waals surface area contributed by atoms with Crippen LogP contribution in [0.3, 0.4) is 0 Å². The molecule has 2 saturated carbocycles. The summed E-state index contributed by atoms with van der Waals surface area (Å²) in [5.74, 6) is -6.90. The first-order valence-electron chi connectivity index (χ1n) is 23.1. The lowest BCUT2D eigenvalue weighted by atomic mass is 9.43. The molecule has 8 rings (SSSR count). The number of carbonyl (C=O) groups is 6. The summed E-state index contributed by atoms with van der Waals surface area (Å²) in [6.45, 7) is 8.96. The van der Waals surface area contributed by atoms with Gasteiger partial charge in [-0.2, -0.15) is 0 Å². The molecule has 1 aliphatic heterocycles. The van der Waals surface area contributed by atoms with Gasteiger partial charge >= 0.3 is 24.1 Å². The first-order chi connectivity index (χ1) is 33.6. The van der Waals surface area contributed by atoms with Gasteiger partial charge in [-0.15, -0.1) is 0 Å². The van der Waals surface area contributed by atoms with Crippen molar-refractivity contribution < 1.29 is 72.3 Å². The fraction of sp³-hybridized carbons (Fsp3) is 0.396. The summed E-state index contributed by atoms with van der Waals surface area (Å²) in [6, 6.07) is 27.0. The Labute approximate surface area is 408 Å². The summed E-state index contributed by atoms with van der Waals surface area (Å²) in [4.78, 5) is 96.5. The molecule has 3 fully saturated rings. The van der Waals surface area contributed by atoms with E-state index in [0.29, 0.717) is 11.1 Å². The fourth-order valence-corrected chi connectivity index (χ4v) is 11.4. The highest BCUT2D eigenvalue weighted by molar-refractivity contribution is 5.95. The van der Waals surface area contributed by atoms with E-state index in [1.54, 1.807) is 94.4 Å². The van der Waals surface area contributed by atoms with Crippen LogP contribution in [0.5, 0.6) is 5.75 Å². The first-order valence-corrected chi connectivity index (χ1v) is 23.1. The zero-order chi connectivity index (χ0) is 51.2. The number of aliphatic hydroxyl groups excluding tert-OH is 1. The molecule has 11 atom stereocenters. The van der Waals surface area contributed by atoms with Gasteiger partial charge in [-0.3, -0.25) is 24.5 Å². The molecule has 372 valence electrons. The van der Waals surface area contributed by atoms with E-state index in [9.17, 15) is 39.5 Å². The largest absolute Gasteiger partial charge is 0.514 e. The van der Waals surface area contributed by atoms with Gasteiger partial charge in [-0.25, -0.2) is 14.4 Å². The number of hydrogen-bond donors (Lipinski definition) is 3. The Morgan fingerprint density at radius 2 is 1.45 bits per heavy atom. The van der Waals surface area contributed by atoms with Crippen LogP contribution in [-0.4, -0.2) is 99.2 Å². The third-order valence-electron chi connectivity index (χ3n) is 15.0. The standard InChI is InChI=1S/C53H54N2O16/c1-29-37(68-48(61)42(69-49(62)67-36-24-22-35(23-25-36)55(64)65)41(32-16-10-7-11-17-32)54-46(59)33-18-12-8-13-19-33)27-53(63)45(70-47(60)34-20-14-9-15-21-34)43-51(6,44(58)30(2)40(29)50(53,4)5)38(57)26-39-52(43,28-66-39)71-31(3)56/h7-25,30,37-39,41-43,45,57,63H,26-28H2,1-6H3,(H,54,59)/t30?,37-,38-,39+,41-,42+,43?,45-,51+,52-,53+/m0/s1. The van der Waals surface area contributed by atoms with Crippen LogP contribution in [0.1, 0.15) is 86.7 Å². The lowest BCUT2D eigenvalue weighted by Crippen LogP contribution is -2.81. The normalized spacial score (nSPS) is 29.2. The fourth-order valence-electron chi connectivity index (χ4n) is 11.4. The molecule has 18 nitrogen and oxygen atoms in total. The molecule has 3 aliphatic carbocycles. The number of nitrogens with zero attached hydrogens (tertiary/aromatic N) is 1. The number of non-ortho nitro benzene ring substituents is 1. The molecule has 1 amide bonds. The Kier molecular flexibility index (Phi) is 13.5. The van der Waals surface area contributed by atoms with Crippen LogP contribution < -0.4 is 10.1 Å². The Balaban J connectivity index is 1.25. The SMILES string of the molecule is CC(=O)O[C@@]12CO[C@@H]1C[C@H](O)[C@@]1(C)C(=O)C(C)C3=C(C)[C@@H](OC(=O)[C@H](OC(=O)Oc4ccc([N+](=O)[O-])cc4)[C@@H](NC(=O)c4ccccc4)c4ccccc4)C[C@@](O)([C@@H](OC(=O)c4ccccc4)C12)C3(C)C. The summed E-state index contributed by atoms with van der Waals surface area (Å²) in [5.41, 5.74) is -6.53. The number of ether oxygens (including phenoxy) is 6. The van der Waals surface area contributed by atoms with Gasteiger partial charge in [0, 0.05) is 48.8 Å². The Bertz CT molecular complexity index is 2770. The highest BCUT2D eigenvalue weighted by Crippen LogP contribution is 2.65. The number of nitro groups is 1. The van der Waals surface area contributed by atoms with Gasteiger partial charge in [0.25, 0.3) is 11.6 Å². The van der Waals surface area contributed by atoms with Gasteiger partial charge in [-0.05, 0) is 67.0 Å². The van der Waals surface area contributed by atoms with Crippen LogP contribution in [0.2, 0.25) is 0 Å². The van der Waals surface area contributed by atoms with E-state index < -0.39 is 118 Å². The maximum Gasteiger partial charge on any atom is 0.514 e. The van der Waals surface area contributed by atoms with E-state index in [4.69, 9.17) is 28.4 Å². The summed E-state index contributed by atoms with van der Waals surface area (Å²) in [5, 5.41) is 40.1. The number of amides is 1. The van der Waals surface area contributed by atoms with E-state index in [0.717, 1.165) is 24.3 Å². The summed E-state index contributed by atoms with van der Waals surface area (Å²) in [6.07, 6.45) is -9.87. The quantitative estimate of drug-likeness (QED) is 0.0339. The van der Waals surface area contributed by atoms with E-state index in [1.165, 1.54) is 38.1 Å². The number of carbonyl (C=O) groups excluding carboxylic acids is 6. The third kappa shape index (κ3) is 8.84. The molecular formula is C53H54N2O16. The van der Waals surface area contributed by atoms with Crippen LogP contribution >= 0.6 is 0 Å². The molecule has 2 unspecified atom stereocenters. The highest BCUT2D eigenvalue weighted by atomic mass is 16.7. The molecule has 0 aromatic heterocycles. The predicted molar refractivity (Wildman–Crippen MR) is 249 cm³/mol. The van der Waals surface area contributed by atoms with Crippen molar-refractivity contribution >= 4 is 41.4 Å². The van der Waals surface area contributed by atoms with E-state index in [1.807, 2.05) is 0 Å². The van der Waals surface area contributed by atoms with Crippen molar-refractivity contribution in [3.05, 3.63) is 153 Å². The van der Waals surface area contributed by atoms with Crippen molar-refractivity contribution in [1.29, 1.82) is 0 Å². The van der Waals surface area contributed by atoms with Gasteiger partial charge in [0.15, 0.2) is 5.60 Å². The number of nitrogens with one attached hydrogen (secondary N) is 1. The van der Waals surface area contributed by atoms with Gasteiger partial charge in [0.2, 0.25) is 6.10 Å². The predicted octanol–water partition coefficient (Wildman–Crippen LogP) is 6.57. The number of hydrogen-bond acceptors (Lipinski definition) is 16. The molecule has 4 aromatic carbocycles. The minimum atomic E-state index is -2.33. The minimum Gasteiger partial charge on any atom is -0.455 e. The van der Waals surface area contributed by atoms with Crippen molar-refractivity contribution in [2.24, 2.45) is 22.7 Å². The number of benzene rings is 4. The molecule has 4 aromatic rings. The third-order valence-corrected chi connectivity index (χ3v) is 15.0. The van der Waals surface area contributed by atoms with Gasteiger partial charge < -0.3 is 44.0 Å². The zero-order valence-electron chi connectivity index (χ0n) is 39.8. The highest BCUT2D eigenvalue weighted by Gasteiger charge is 2.77. The zero-order valence-corrected chi connectivity index (χ0v) is 39.8. The van der Waals surface area contributed by atoms with E-state index in [-0.39, 0.29) is 41.2 Å². The number of fused-ring (bicyclic) bond motifs is 5. The van der Waals surface area contributed by atoms with E-state index >= 15 is 9.59 Å². The number of aliphatic hydroxyl groups is 2. The molecule has 71 heavy (non-hydrogen) atoms. The molecule has 4 aliphatic rings. The molecule has 3 N–H and O–H groups in total. The van der Waals surface area contributed by atoms with Crippen LogP contribution in [0.15, 0.2) is 126 Å². The van der Waals surface area contributed by atoms with Gasteiger partial charge in [-0.1, -0.05) is 87.5 Å². The molecule has 0 spiro atoms. The molecule has 1 heterocycles. The van der Waals surface area contributed by atoms with Gasteiger partial charge in [0.1, 0.15) is 41.5 Å². The van der Waals surface area contributed by atoms with Crippen molar-refractivity contribution in [2.75, 3.05) is 6.61 Å². The molecule has 2 bridgehead atoms. The van der Waals surface area contributed by atoms with Crippen LogP contribution in [0, 0.1) is 32.8 Å². The lowest BCUT2D eigenvalue weighted by molar-refractivity contribution is -0.384. The average Bonchev–Trinajstić information content (AvgIpc) is 3.34. The van der Waals surface area contributed by atoms with Crippen LogP contribution in [0.4, 0.5) is 10.5 Å². The second-order valence-corrected chi connectivity index (χ2v) is 19.3.